The van der Waals surface area contributed by atoms with Crippen molar-refractivity contribution in [2.45, 2.75) is 52.4 Å². The van der Waals surface area contributed by atoms with Gasteiger partial charge in [-0.2, -0.15) is 0 Å². The van der Waals surface area contributed by atoms with Gasteiger partial charge in [0.1, 0.15) is 0 Å². The Morgan fingerprint density at radius 3 is 2.00 bits per heavy atom. The van der Waals surface area contributed by atoms with E-state index in [1.165, 1.54) is 36.8 Å². The molecule has 0 amide bonds. The topological polar surface area (TPSA) is 37.3 Å². The van der Waals surface area contributed by atoms with E-state index in [-0.39, 0.29) is 0 Å². The molecular formula is C19H24O2. The van der Waals surface area contributed by atoms with Crippen LogP contribution in [-0.2, 0) is 12.8 Å². The van der Waals surface area contributed by atoms with Gasteiger partial charge in [-0.3, -0.25) is 0 Å². The van der Waals surface area contributed by atoms with Crippen molar-refractivity contribution in [2.24, 2.45) is 0 Å². The van der Waals surface area contributed by atoms with E-state index in [0.29, 0.717) is 5.56 Å². The van der Waals surface area contributed by atoms with Gasteiger partial charge in [-0.15, -0.1) is 0 Å². The molecule has 2 rings (SSSR count). The molecule has 21 heavy (non-hydrogen) atoms. The van der Waals surface area contributed by atoms with Crippen molar-refractivity contribution in [3.63, 3.8) is 0 Å². The highest BCUT2D eigenvalue weighted by molar-refractivity contribution is 5.94. The standard InChI is InChI=1S/C19H24O2/c1-3-5-7-14-11-16-9-10-17(19(20)21)13-18(16)12-15(14)8-6-4-2/h9-13H,3-8H2,1-2H3,(H,20,21). The van der Waals surface area contributed by atoms with Gasteiger partial charge in [-0.25, -0.2) is 4.79 Å². The maximum Gasteiger partial charge on any atom is 0.335 e. The smallest absolute Gasteiger partial charge is 0.335 e. The predicted octanol–water partition coefficient (Wildman–Crippen LogP) is 5.22. The number of hydrogen-bond donors (Lipinski definition) is 1. The Hall–Kier alpha value is -1.83. The molecular weight excluding hydrogens is 260 g/mol. The Balaban J connectivity index is 2.45. The Kier molecular flexibility index (Phi) is 5.38. The summed E-state index contributed by atoms with van der Waals surface area (Å²) in [5.41, 5.74) is 3.19. The van der Waals surface area contributed by atoms with Gasteiger partial charge in [0.05, 0.1) is 5.56 Å². The number of aromatic carboxylic acids is 1. The molecule has 2 aromatic rings. The maximum absolute atomic E-state index is 11.1. The summed E-state index contributed by atoms with van der Waals surface area (Å²) in [5.74, 6) is -0.859. The highest BCUT2D eigenvalue weighted by Gasteiger charge is 2.08. The zero-order chi connectivity index (χ0) is 15.2. The number of carbonyl (C=O) groups is 1. The molecule has 0 aliphatic heterocycles. The van der Waals surface area contributed by atoms with Crippen LogP contribution in [0.15, 0.2) is 30.3 Å². The van der Waals surface area contributed by atoms with E-state index in [1.807, 2.05) is 6.07 Å². The van der Waals surface area contributed by atoms with Crippen LogP contribution in [0.5, 0.6) is 0 Å². The fourth-order valence-electron chi connectivity index (χ4n) is 2.72. The summed E-state index contributed by atoms with van der Waals surface area (Å²) < 4.78 is 0. The molecule has 112 valence electrons. The monoisotopic (exact) mass is 284 g/mol. The van der Waals surface area contributed by atoms with Crippen molar-refractivity contribution < 1.29 is 9.90 Å². The Bertz CT molecular complexity index is 629. The van der Waals surface area contributed by atoms with Crippen LogP contribution in [0.25, 0.3) is 10.8 Å². The van der Waals surface area contributed by atoms with Crippen LogP contribution in [0.4, 0.5) is 0 Å². The number of carboxylic acids is 1. The van der Waals surface area contributed by atoms with Crippen LogP contribution < -0.4 is 0 Å². The Morgan fingerprint density at radius 1 is 0.905 bits per heavy atom. The number of hydrogen-bond acceptors (Lipinski definition) is 1. The van der Waals surface area contributed by atoms with Crippen LogP contribution >= 0.6 is 0 Å². The zero-order valence-corrected chi connectivity index (χ0v) is 13.0. The number of aryl methyl sites for hydroxylation is 2. The second kappa shape index (κ2) is 7.26. The van der Waals surface area contributed by atoms with E-state index in [0.717, 1.165) is 23.6 Å². The molecule has 2 heteroatoms. The minimum absolute atomic E-state index is 0.366. The van der Waals surface area contributed by atoms with Crippen molar-refractivity contribution in [3.8, 4) is 0 Å². The fourth-order valence-corrected chi connectivity index (χ4v) is 2.72. The lowest BCUT2D eigenvalue weighted by atomic mass is 9.93. The third-order valence-corrected chi connectivity index (χ3v) is 4.00. The van der Waals surface area contributed by atoms with Gasteiger partial charge < -0.3 is 5.11 Å². The Labute approximate surface area is 126 Å². The third-order valence-electron chi connectivity index (χ3n) is 4.00. The second-order valence-corrected chi connectivity index (χ2v) is 5.70. The molecule has 0 saturated heterocycles. The fraction of sp³-hybridized carbons (Fsp3) is 0.421. The number of unbranched alkanes of at least 4 members (excludes halogenated alkanes) is 2. The molecule has 0 unspecified atom stereocenters. The molecule has 1 N–H and O–H groups in total. The minimum Gasteiger partial charge on any atom is -0.478 e. The third kappa shape index (κ3) is 3.84. The molecule has 0 aliphatic carbocycles. The van der Waals surface area contributed by atoms with Crippen molar-refractivity contribution in [1.29, 1.82) is 0 Å². The SMILES string of the molecule is CCCCc1cc2ccc(C(=O)O)cc2cc1CCCC. The summed E-state index contributed by atoms with van der Waals surface area (Å²) in [6.07, 6.45) is 6.97. The normalized spacial score (nSPS) is 11.0. The van der Waals surface area contributed by atoms with Crippen LogP contribution in [0.1, 0.15) is 61.0 Å². The molecule has 0 fully saturated rings. The Morgan fingerprint density at radius 2 is 1.48 bits per heavy atom. The molecule has 0 spiro atoms. The van der Waals surface area contributed by atoms with Crippen LogP contribution in [0.3, 0.4) is 0 Å². The van der Waals surface area contributed by atoms with Gasteiger partial charge in [0.15, 0.2) is 0 Å². The molecule has 0 saturated carbocycles. The summed E-state index contributed by atoms with van der Waals surface area (Å²) in [6.45, 7) is 4.42. The first kappa shape index (κ1) is 15.6. The van der Waals surface area contributed by atoms with Gasteiger partial charge in [0.2, 0.25) is 0 Å². The highest BCUT2D eigenvalue weighted by atomic mass is 16.4. The molecule has 0 heterocycles. The van der Waals surface area contributed by atoms with Gasteiger partial charge >= 0.3 is 5.97 Å². The van der Waals surface area contributed by atoms with Gasteiger partial charge in [-0.05, 0) is 59.7 Å². The summed E-state index contributed by atoms with van der Waals surface area (Å²) in [7, 11) is 0. The highest BCUT2D eigenvalue weighted by Crippen LogP contribution is 2.24. The number of fused-ring (bicyclic) bond motifs is 1. The maximum atomic E-state index is 11.1. The first-order chi connectivity index (χ1) is 10.2. The first-order valence-electron chi connectivity index (χ1n) is 7.94. The summed E-state index contributed by atoms with van der Waals surface area (Å²) in [6, 6.07) is 9.86. The first-order valence-corrected chi connectivity index (χ1v) is 7.94. The van der Waals surface area contributed by atoms with Crippen molar-refractivity contribution >= 4 is 16.7 Å². The van der Waals surface area contributed by atoms with E-state index in [4.69, 9.17) is 5.11 Å². The zero-order valence-electron chi connectivity index (χ0n) is 13.0. The molecule has 0 bridgehead atoms. The van der Waals surface area contributed by atoms with Crippen molar-refractivity contribution in [2.75, 3.05) is 0 Å². The van der Waals surface area contributed by atoms with E-state index in [2.05, 4.69) is 26.0 Å². The molecule has 0 radical (unpaired) electrons. The van der Waals surface area contributed by atoms with E-state index >= 15 is 0 Å². The van der Waals surface area contributed by atoms with Crippen molar-refractivity contribution in [3.05, 3.63) is 47.0 Å². The largest absolute Gasteiger partial charge is 0.478 e. The number of benzene rings is 2. The second-order valence-electron chi connectivity index (χ2n) is 5.70. The van der Waals surface area contributed by atoms with E-state index in [1.54, 1.807) is 12.1 Å². The summed E-state index contributed by atoms with van der Waals surface area (Å²) in [5, 5.41) is 11.3. The van der Waals surface area contributed by atoms with Crippen molar-refractivity contribution in [1.82, 2.24) is 0 Å². The number of carboxylic acid groups (broad SMARTS) is 1. The van der Waals surface area contributed by atoms with Gasteiger partial charge in [0.25, 0.3) is 0 Å². The average Bonchev–Trinajstić information content (AvgIpc) is 2.49. The summed E-state index contributed by atoms with van der Waals surface area (Å²) in [4.78, 5) is 11.1. The van der Waals surface area contributed by atoms with E-state index < -0.39 is 5.97 Å². The van der Waals surface area contributed by atoms with Crippen LogP contribution in [0, 0.1) is 0 Å². The predicted molar refractivity (Wildman–Crippen MR) is 88.1 cm³/mol. The van der Waals surface area contributed by atoms with Gasteiger partial charge in [-0.1, -0.05) is 44.9 Å². The van der Waals surface area contributed by atoms with Gasteiger partial charge in [0, 0.05) is 0 Å². The lowest BCUT2D eigenvalue weighted by Crippen LogP contribution is -1.98. The summed E-state index contributed by atoms with van der Waals surface area (Å²) >= 11 is 0. The van der Waals surface area contributed by atoms with Crippen LogP contribution in [0.2, 0.25) is 0 Å². The average molecular weight is 284 g/mol. The van der Waals surface area contributed by atoms with Crippen LogP contribution in [-0.4, -0.2) is 11.1 Å². The minimum atomic E-state index is -0.859. The lowest BCUT2D eigenvalue weighted by Gasteiger charge is -2.12. The number of rotatable bonds is 7. The molecule has 0 atom stereocenters. The molecule has 0 aliphatic rings. The molecule has 2 aromatic carbocycles. The quantitative estimate of drug-likeness (QED) is 0.756. The van der Waals surface area contributed by atoms with E-state index in [9.17, 15) is 4.79 Å². The molecule has 2 nitrogen and oxygen atoms in total. The lowest BCUT2D eigenvalue weighted by molar-refractivity contribution is 0.0697. The molecule has 0 aromatic heterocycles.